The second kappa shape index (κ2) is 5.81. The van der Waals surface area contributed by atoms with Crippen molar-refractivity contribution in [3.05, 3.63) is 53.1 Å². The van der Waals surface area contributed by atoms with E-state index in [1.165, 1.54) is 10.5 Å². The van der Waals surface area contributed by atoms with Crippen molar-refractivity contribution >= 4 is 11.8 Å². The largest absolute Gasteiger partial charge is 0.457 e. The van der Waals surface area contributed by atoms with Crippen LogP contribution in [0.15, 0.2) is 41.3 Å². The van der Waals surface area contributed by atoms with Gasteiger partial charge >= 0.3 is 0 Å². The van der Waals surface area contributed by atoms with Gasteiger partial charge in [0.15, 0.2) is 0 Å². The van der Waals surface area contributed by atoms with Gasteiger partial charge in [-0.2, -0.15) is 5.26 Å². The van der Waals surface area contributed by atoms with Crippen LogP contribution >= 0.6 is 11.8 Å². The first kappa shape index (κ1) is 13.5. The summed E-state index contributed by atoms with van der Waals surface area (Å²) in [5.41, 5.74) is 3.04. The number of thioether (sulfide) groups is 1. The minimum absolute atomic E-state index is 0.637. The highest BCUT2D eigenvalue weighted by atomic mass is 32.2. The monoisotopic (exact) mass is 269 g/mol. The third-order valence-electron chi connectivity index (χ3n) is 3.12. The highest BCUT2D eigenvalue weighted by Gasteiger charge is 2.07. The highest BCUT2D eigenvalue weighted by Crippen LogP contribution is 2.32. The SMILES string of the molecule is CSc1ccc(Oc2ccc(C#N)cc2)c(C)c1C. The van der Waals surface area contributed by atoms with E-state index in [0.29, 0.717) is 5.56 Å². The number of hydrogen-bond donors (Lipinski definition) is 0. The lowest BCUT2D eigenvalue weighted by Gasteiger charge is -2.13. The maximum Gasteiger partial charge on any atom is 0.130 e. The lowest BCUT2D eigenvalue weighted by molar-refractivity contribution is 0.477. The molecule has 0 aliphatic heterocycles. The van der Waals surface area contributed by atoms with Gasteiger partial charge in [0, 0.05) is 4.90 Å². The molecule has 0 saturated heterocycles. The molecule has 0 aliphatic carbocycles. The molecule has 19 heavy (non-hydrogen) atoms. The van der Waals surface area contributed by atoms with Crippen LogP contribution in [0.5, 0.6) is 11.5 Å². The second-order valence-electron chi connectivity index (χ2n) is 4.25. The van der Waals surface area contributed by atoms with Gasteiger partial charge in [-0.15, -0.1) is 11.8 Å². The quantitative estimate of drug-likeness (QED) is 0.758. The van der Waals surface area contributed by atoms with Crippen LogP contribution in [0.4, 0.5) is 0 Å². The predicted molar refractivity (Wildman–Crippen MR) is 78.9 cm³/mol. The first-order chi connectivity index (χ1) is 9.15. The third-order valence-corrected chi connectivity index (χ3v) is 4.00. The Morgan fingerprint density at radius 3 is 2.26 bits per heavy atom. The Labute approximate surface area is 118 Å². The molecular weight excluding hydrogens is 254 g/mol. The van der Waals surface area contributed by atoms with Crippen molar-refractivity contribution in [1.29, 1.82) is 5.26 Å². The third kappa shape index (κ3) is 2.91. The van der Waals surface area contributed by atoms with Gasteiger partial charge in [0.25, 0.3) is 0 Å². The summed E-state index contributed by atoms with van der Waals surface area (Å²) >= 11 is 1.74. The van der Waals surface area contributed by atoms with Gasteiger partial charge in [-0.05, 0) is 67.6 Å². The van der Waals surface area contributed by atoms with E-state index < -0.39 is 0 Å². The highest BCUT2D eigenvalue weighted by molar-refractivity contribution is 7.98. The summed E-state index contributed by atoms with van der Waals surface area (Å²) in [4.78, 5) is 1.27. The topological polar surface area (TPSA) is 33.0 Å². The fourth-order valence-corrected chi connectivity index (χ4v) is 2.49. The second-order valence-corrected chi connectivity index (χ2v) is 5.10. The Balaban J connectivity index is 2.28. The van der Waals surface area contributed by atoms with Crippen molar-refractivity contribution in [2.24, 2.45) is 0 Å². The van der Waals surface area contributed by atoms with Crippen LogP contribution in [0.1, 0.15) is 16.7 Å². The molecule has 0 saturated carbocycles. The van der Waals surface area contributed by atoms with Gasteiger partial charge in [0.1, 0.15) is 11.5 Å². The Morgan fingerprint density at radius 2 is 1.68 bits per heavy atom. The Hall–Kier alpha value is -1.92. The molecule has 96 valence electrons. The Morgan fingerprint density at radius 1 is 1.00 bits per heavy atom. The lowest BCUT2D eigenvalue weighted by Crippen LogP contribution is -1.92. The summed E-state index contributed by atoms with van der Waals surface area (Å²) in [6.07, 6.45) is 2.07. The van der Waals surface area contributed by atoms with E-state index in [4.69, 9.17) is 10.00 Å². The van der Waals surface area contributed by atoms with Crippen molar-refractivity contribution in [3.63, 3.8) is 0 Å². The zero-order valence-corrected chi connectivity index (χ0v) is 12.0. The molecule has 0 radical (unpaired) electrons. The first-order valence-corrected chi connectivity index (χ1v) is 7.20. The fraction of sp³-hybridized carbons (Fsp3) is 0.188. The average Bonchev–Trinajstić information content (AvgIpc) is 2.45. The molecule has 0 aromatic heterocycles. The van der Waals surface area contributed by atoms with Crippen molar-refractivity contribution in [2.45, 2.75) is 18.7 Å². The summed E-state index contributed by atoms with van der Waals surface area (Å²) in [5.74, 6) is 1.61. The van der Waals surface area contributed by atoms with Crippen LogP contribution in [0.25, 0.3) is 0 Å². The molecule has 0 aliphatic rings. The number of hydrogen-bond acceptors (Lipinski definition) is 3. The molecule has 0 heterocycles. The molecule has 0 atom stereocenters. The summed E-state index contributed by atoms with van der Waals surface area (Å²) in [6, 6.07) is 13.3. The van der Waals surface area contributed by atoms with Gasteiger partial charge in [0.2, 0.25) is 0 Å². The molecule has 2 rings (SSSR count). The summed E-state index contributed by atoms with van der Waals surface area (Å²) in [7, 11) is 0. The number of benzene rings is 2. The van der Waals surface area contributed by atoms with Gasteiger partial charge < -0.3 is 4.74 Å². The van der Waals surface area contributed by atoms with Crippen LogP contribution in [0.3, 0.4) is 0 Å². The Kier molecular flexibility index (Phi) is 4.13. The number of nitriles is 1. The van der Waals surface area contributed by atoms with Crippen molar-refractivity contribution in [2.75, 3.05) is 6.26 Å². The number of nitrogens with zero attached hydrogens (tertiary/aromatic N) is 1. The molecule has 0 N–H and O–H groups in total. The molecule has 3 heteroatoms. The van der Waals surface area contributed by atoms with E-state index >= 15 is 0 Å². The molecule has 0 fully saturated rings. The smallest absolute Gasteiger partial charge is 0.130 e. The molecule has 2 aromatic carbocycles. The normalized spacial score (nSPS) is 10.0. The number of ether oxygens (including phenoxy) is 1. The first-order valence-electron chi connectivity index (χ1n) is 5.98. The molecule has 0 amide bonds. The molecule has 2 nitrogen and oxygen atoms in total. The maximum absolute atomic E-state index is 8.76. The van der Waals surface area contributed by atoms with E-state index in [0.717, 1.165) is 17.1 Å². The summed E-state index contributed by atoms with van der Waals surface area (Å²) in [6.45, 7) is 4.17. The average molecular weight is 269 g/mol. The van der Waals surface area contributed by atoms with Crippen LogP contribution in [0, 0.1) is 25.2 Å². The van der Waals surface area contributed by atoms with E-state index in [1.807, 2.05) is 18.2 Å². The van der Waals surface area contributed by atoms with E-state index in [1.54, 1.807) is 23.9 Å². The molecule has 2 aromatic rings. The van der Waals surface area contributed by atoms with Gasteiger partial charge in [-0.1, -0.05) is 0 Å². The van der Waals surface area contributed by atoms with Gasteiger partial charge in [-0.25, -0.2) is 0 Å². The number of rotatable bonds is 3. The summed E-state index contributed by atoms with van der Waals surface area (Å²) in [5, 5.41) is 8.76. The van der Waals surface area contributed by atoms with E-state index in [-0.39, 0.29) is 0 Å². The van der Waals surface area contributed by atoms with Crippen molar-refractivity contribution in [3.8, 4) is 17.6 Å². The van der Waals surface area contributed by atoms with E-state index in [9.17, 15) is 0 Å². The predicted octanol–water partition coefficient (Wildman–Crippen LogP) is 4.69. The van der Waals surface area contributed by atoms with Crippen LogP contribution < -0.4 is 4.74 Å². The summed E-state index contributed by atoms with van der Waals surface area (Å²) < 4.78 is 5.87. The molecule has 0 bridgehead atoms. The Bertz CT molecular complexity index is 626. The molecule has 0 unspecified atom stereocenters. The van der Waals surface area contributed by atoms with Crippen LogP contribution in [-0.2, 0) is 0 Å². The molecular formula is C16H15NOS. The zero-order valence-electron chi connectivity index (χ0n) is 11.2. The molecule has 0 spiro atoms. The maximum atomic E-state index is 8.76. The lowest BCUT2D eigenvalue weighted by atomic mass is 10.1. The fourth-order valence-electron chi connectivity index (χ4n) is 1.83. The van der Waals surface area contributed by atoms with Crippen LogP contribution in [-0.4, -0.2) is 6.26 Å². The minimum Gasteiger partial charge on any atom is -0.457 e. The van der Waals surface area contributed by atoms with Gasteiger partial charge in [-0.3, -0.25) is 0 Å². The van der Waals surface area contributed by atoms with Crippen molar-refractivity contribution in [1.82, 2.24) is 0 Å². The van der Waals surface area contributed by atoms with Crippen molar-refractivity contribution < 1.29 is 4.74 Å². The zero-order chi connectivity index (χ0) is 13.8. The van der Waals surface area contributed by atoms with Gasteiger partial charge in [0.05, 0.1) is 11.6 Å². The van der Waals surface area contributed by atoms with E-state index in [2.05, 4.69) is 32.2 Å². The van der Waals surface area contributed by atoms with Crippen LogP contribution in [0.2, 0.25) is 0 Å². The minimum atomic E-state index is 0.637. The standard InChI is InChI=1S/C16H15NOS/c1-11-12(2)16(19-3)9-8-15(11)18-14-6-4-13(10-17)5-7-14/h4-9H,1-3H3.